The van der Waals surface area contributed by atoms with Gasteiger partial charge < -0.3 is 15.5 Å². The number of nitrogens with zero attached hydrogens (tertiary/aromatic N) is 2. The number of carbonyl (C=O) groups excluding carboxylic acids is 2. The van der Waals surface area contributed by atoms with Crippen LogP contribution in [0.5, 0.6) is 0 Å². The molecule has 1 aliphatic rings. The normalized spacial score (nSPS) is 17.8. The minimum atomic E-state index is -0.0637. The lowest BCUT2D eigenvalue weighted by molar-refractivity contribution is -0.135. The van der Waals surface area contributed by atoms with Crippen LogP contribution in [0.15, 0.2) is 24.4 Å². The molecule has 1 aromatic heterocycles. The summed E-state index contributed by atoms with van der Waals surface area (Å²) in [6, 6.07) is 5.93. The number of hydrogen-bond acceptors (Lipinski definition) is 4. The van der Waals surface area contributed by atoms with Crippen molar-refractivity contribution in [3.63, 3.8) is 0 Å². The van der Waals surface area contributed by atoms with E-state index in [4.69, 9.17) is 0 Å². The standard InChI is InChI=1S/C18H28N4O2/c1-2-6-17(23)21-13-18(24)22(14-15-7-3-4-11-20-15)16-8-5-10-19-12-9-16/h3-4,7,11,16,19H,2,5-6,8-10,12-14H2,1H3,(H,21,23). The Bertz CT molecular complexity index is 513. The molecule has 2 heterocycles. The van der Waals surface area contributed by atoms with E-state index < -0.39 is 0 Å². The third-order valence-corrected chi connectivity index (χ3v) is 4.28. The molecular formula is C18H28N4O2. The van der Waals surface area contributed by atoms with E-state index in [0.717, 1.165) is 44.5 Å². The number of carbonyl (C=O) groups is 2. The average molecular weight is 332 g/mol. The van der Waals surface area contributed by atoms with Crippen LogP contribution < -0.4 is 10.6 Å². The van der Waals surface area contributed by atoms with E-state index in [1.807, 2.05) is 30.0 Å². The summed E-state index contributed by atoms with van der Waals surface area (Å²) in [7, 11) is 0. The predicted molar refractivity (Wildman–Crippen MR) is 93.2 cm³/mol. The number of aromatic nitrogens is 1. The second kappa shape index (κ2) is 10.0. The van der Waals surface area contributed by atoms with Crippen LogP contribution in [0.4, 0.5) is 0 Å². The van der Waals surface area contributed by atoms with Crippen molar-refractivity contribution in [2.45, 2.75) is 51.6 Å². The summed E-state index contributed by atoms with van der Waals surface area (Å²) in [5, 5.41) is 6.12. The highest BCUT2D eigenvalue weighted by Gasteiger charge is 2.25. The van der Waals surface area contributed by atoms with Gasteiger partial charge in [0.25, 0.3) is 0 Å². The van der Waals surface area contributed by atoms with Gasteiger partial charge in [0.2, 0.25) is 11.8 Å². The van der Waals surface area contributed by atoms with Crippen LogP contribution in [0.3, 0.4) is 0 Å². The van der Waals surface area contributed by atoms with E-state index in [9.17, 15) is 9.59 Å². The molecule has 0 aromatic carbocycles. The zero-order valence-electron chi connectivity index (χ0n) is 14.5. The maximum absolute atomic E-state index is 12.7. The maximum atomic E-state index is 12.7. The number of nitrogens with one attached hydrogen (secondary N) is 2. The lowest BCUT2D eigenvalue weighted by Crippen LogP contribution is -2.45. The van der Waals surface area contributed by atoms with Gasteiger partial charge in [-0.25, -0.2) is 0 Å². The summed E-state index contributed by atoms with van der Waals surface area (Å²) >= 11 is 0. The summed E-state index contributed by atoms with van der Waals surface area (Å²) in [5.41, 5.74) is 0.878. The third-order valence-electron chi connectivity index (χ3n) is 4.28. The molecule has 0 bridgehead atoms. The summed E-state index contributed by atoms with van der Waals surface area (Å²) in [6.45, 7) is 4.42. The van der Waals surface area contributed by atoms with Gasteiger partial charge in [-0.05, 0) is 50.9 Å². The number of amides is 2. The van der Waals surface area contributed by atoms with Crippen LogP contribution in [-0.2, 0) is 16.1 Å². The van der Waals surface area contributed by atoms with E-state index in [-0.39, 0.29) is 24.4 Å². The fourth-order valence-electron chi connectivity index (χ4n) is 2.99. The Balaban J connectivity index is 2.03. The monoisotopic (exact) mass is 332 g/mol. The lowest BCUT2D eigenvalue weighted by Gasteiger charge is -2.31. The van der Waals surface area contributed by atoms with Crippen LogP contribution in [0, 0.1) is 0 Å². The maximum Gasteiger partial charge on any atom is 0.242 e. The van der Waals surface area contributed by atoms with Crippen molar-refractivity contribution >= 4 is 11.8 Å². The molecule has 0 aliphatic carbocycles. The smallest absolute Gasteiger partial charge is 0.242 e. The molecule has 2 amide bonds. The van der Waals surface area contributed by atoms with Gasteiger partial charge in [-0.3, -0.25) is 14.6 Å². The molecule has 1 saturated heterocycles. The van der Waals surface area contributed by atoms with Gasteiger partial charge in [0, 0.05) is 18.7 Å². The molecule has 24 heavy (non-hydrogen) atoms. The first kappa shape index (κ1) is 18.4. The van der Waals surface area contributed by atoms with Crippen molar-refractivity contribution in [1.29, 1.82) is 0 Å². The number of hydrogen-bond donors (Lipinski definition) is 2. The molecule has 6 heteroatoms. The summed E-state index contributed by atoms with van der Waals surface area (Å²) in [6.07, 6.45) is 5.96. The molecule has 2 N–H and O–H groups in total. The number of rotatable bonds is 7. The molecule has 1 unspecified atom stereocenters. The van der Waals surface area contributed by atoms with Gasteiger partial charge >= 0.3 is 0 Å². The Kier molecular flexibility index (Phi) is 7.68. The van der Waals surface area contributed by atoms with Crippen LogP contribution in [-0.4, -0.2) is 47.4 Å². The van der Waals surface area contributed by atoms with Crippen molar-refractivity contribution in [2.24, 2.45) is 0 Å². The Labute approximate surface area is 144 Å². The van der Waals surface area contributed by atoms with E-state index in [2.05, 4.69) is 15.6 Å². The van der Waals surface area contributed by atoms with Crippen LogP contribution in [0.25, 0.3) is 0 Å². The lowest BCUT2D eigenvalue weighted by atomic mass is 10.1. The van der Waals surface area contributed by atoms with Crippen LogP contribution in [0.1, 0.15) is 44.7 Å². The quantitative estimate of drug-likeness (QED) is 0.793. The minimum Gasteiger partial charge on any atom is -0.347 e. The molecule has 0 radical (unpaired) electrons. The third kappa shape index (κ3) is 5.92. The molecular weight excluding hydrogens is 304 g/mol. The SMILES string of the molecule is CCCC(=O)NCC(=O)N(Cc1ccccn1)C1CCCNCC1. The molecule has 1 fully saturated rings. The molecule has 6 nitrogen and oxygen atoms in total. The highest BCUT2D eigenvalue weighted by atomic mass is 16.2. The Morgan fingerprint density at radius 3 is 2.96 bits per heavy atom. The van der Waals surface area contributed by atoms with Gasteiger partial charge in [0.15, 0.2) is 0 Å². The zero-order valence-corrected chi connectivity index (χ0v) is 14.5. The summed E-state index contributed by atoms with van der Waals surface area (Å²) in [4.78, 5) is 30.6. The fraction of sp³-hybridized carbons (Fsp3) is 0.611. The topological polar surface area (TPSA) is 74.3 Å². The van der Waals surface area contributed by atoms with E-state index in [1.54, 1.807) is 6.20 Å². The van der Waals surface area contributed by atoms with Crippen molar-refractivity contribution < 1.29 is 9.59 Å². The van der Waals surface area contributed by atoms with Crippen LogP contribution in [0.2, 0.25) is 0 Å². The molecule has 1 aliphatic heterocycles. The average Bonchev–Trinajstić information content (AvgIpc) is 2.88. The molecule has 0 saturated carbocycles. The zero-order chi connectivity index (χ0) is 17.2. The van der Waals surface area contributed by atoms with Crippen molar-refractivity contribution in [1.82, 2.24) is 20.5 Å². The van der Waals surface area contributed by atoms with Crippen LogP contribution >= 0.6 is 0 Å². The first-order valence-electron chi connectivity index (χ1n) is 8.87. The Morgan fingerprint density at radius 1 is 1.33 bits per heavy atom. The second-order valence-electron chi connectivity index (χ2n) is 6.20. The van der Waals surface area contributed by atoms with E-state index in [0.29, 0.717) is 13.0 Å². The van der Waals surface area contributed by atoms with Crippen molar-refractivity contribution in [2.75, 3.05) is 19.6 Å². The van der Waals surface area contributed by atoms with Crippen molar-refractivity contribution in [3.05, 3.63) is 30.1 Å². The molecule has 1 aromatic rings. The highest BCUT2D eigenvalue weighted by Crippen LogP contribution is 2.16. The molecule has 0 spiro atoms. The van der Waals surface area contributed by atoms with Gasteiger partial charge in [-0.15, -0.1) is 0 Å². The van der Waals surface area contributed by atoms with Gasteiger partial charge in [-0.1, -0.05) is 13.0 Å². The predicted octanol–water partition coefficient (Wildman–Crippen LogP) is 1.47. The second-order valence-corrected chi connectivity index (χ2v) is 6.20. The fourth-order valence-corrected chi connectivity index (χ4v) is 2.99. The number of pyridine rings is 1. The Hall–Kier alpha value is -1.95. The van der Waals surface area contributed by atoms with Gasteiger partial charge in [0.1, 0.15) is 0 Å². The summed E-state index contributed by atoms with van der Waals surface area (Å²) in [5.74, 6) is -0.0943. The summed E-state index contributed by atoms with van der Waals surface area (Å²) < 4.78 is 0. The first-order chi connectivity index (χ1) is 11.7. The highest BCUT2D eigenvalue weighted by molar-refractivity contribution is 5.84. The Morgan fingerprint density at radius 2 is 2.21 bits per heavy atom. The van der Waals surface area contributed by atoms with E-state index in [1.165, 1.54) is 0 Å². The molecule has 2 rings (SSSR count). The largest absolute Gasteiger partial charge is 0.347 e. The first-order valence-corrected chi connectivity index (χ1v) is 8.87. The molecule has 132 valence electrons. The van der Waals surface area contributed by atoms with Gasteiger partial charge in [0.05, 0.1) is 18.8 Å². The van der Waals surface area contributed by atoms with Gasteiger partial charge in [-0.2, -0.15) is 0 Å². The van der Waals surface area contributed by atoms with Crippen molar-refractivity contribution in [3.8, 4) is 0 Å². The minimum absolute atomic E-state index is 0.0305. The van der Waals surface area contributed by atoms with E-state index >= 15 is 0 Å². The molecule has 1 atom stereocenters.